The third-order valence-corrected chi connectivity index (χ3v) is 6.87. The second-order valence-electron chi connectivity index (χ2n) is 3.61. The summed E-state index contributed by atoms with van der Waals surface area (Å²) < 4.78 is 8.58. The van der Waals surface area contributed by atoms with Gasteiger partial charge in [-0.05, 0) is 12.8 Å². The predicted molar refractivity (Wildman–Crippen MR) is 92.3 cm³/mol. The Morgan fingerprint density at radius 2 is 1.35 bits per heavy atom. The summed E-state index contributed by atoms with van der Waals surface area (Å²) in [5.41, 5.74) is 0. The van der Waals surface area contributed by atoms with Crippen molar-refractivity contribution in [3.63, 3.8) is 0 Å². The van der Waals surface area contributed by atoms with Gasteiger partial charge in [-0.25, -0.2) is 4.79 Å². The molecular weight excluding hydrogens is 360 g/mol. The lowest BCUT2D eigenvalue weighted by molar-refractivity contribution is -0.137. The zero-order chi connectivity index (χ0) is 15.1. The Morgan fingerprint density at radius 1 is 0.850 bits per heavy atom. The zero-order valence-electron chi connectivity index (χ0n) is 11.3. The van der Waals surface area contributed by atoms with Gasteiger partial charge in [-0.2, -0.15) is 0 Å². The number of hydrogen-bond donors (Lipinski definition) is 0. The first-order valence-electron chi connectivity index (χ1n) is 6.07. The molecule has 0 heterocycles. The number of rotatable bonds is 13. The van der Waals surface area contributed by atoms with E-state index in [4.69, 9.17) is 11.9 Å². The normalized spacial score (nSPS) is 10.3. The minimum atomic E-state index is -0.398. The second-order valence-corrected chi connectivity index (χ2v) is 8.93. The van der Waals surface area contributed by atoms with E-state index in [1.807, 2.05) is 0 Å². The molecule has 0 aromatic rings. The molecule has 0 spiro atoms. The van der Waals surface area contributed by atoms with Crippen LogP contribution < -0.4 is 0 Å². The van der Waals surface area contributed by atoms with E-state index in [9.17, 15) is 9.59 Å². The topological polar surface area (TPSA) is 52.6 Å². The Labute approximate surface area is 141 Å². The summed E-state index contributed by atoms with van der Waals surface area (Å²) in [7, 11) is 7.81. The molecule has 0 bridgehead atoms. The van der Waals surface area contributed by atoms with E-state index in [-0.39, 0.29) is 5.97 Å². The maximum atomic E-state index is 10.8. The summed E-state index contributed by atoms with van der Waals surface area (Å²) >= 11 is 4.91. The average Bonchev–Trinajstić information content (AvgIpc) is 2.47. The molecule has 0 aliphatic heterocycles. The molecule has 0 rings (SSSR count). The Kier molecular flexibility index (Phi) is 16.5. The highest BCUT2D eigenvalue weighted by Gasteiger charge is 2.02. The van der Waals surface area contributed by atoms with E-state index in [0.29, 0.717) is 11.5 Å². The maximum Gasteiger partial charge on any atom is 0.335 e. The summed E-state index contributed by atoms with van der Waals surface area (Å²) in [5.74, 6) is 2.23. The fourth-order valence-corrected chi connectivity index (χ4v) is 5.08. The molecule has 0 aliphatic rings. The van der Waals surface area contributed by atoms with E-state index >= 15 is 0 Å². The Balaban J connectivity index is 3.06. The molecular formula is C11H19ClO4S4. The Hall–Kier alpha value is 0.630. The Bertz CT molecular complexity index is 243. The molecule has 0 saturated carbocycles. The van der Waals surface area contributed by atoms with Crippen LogP contribution in [0.5, 0.6) is 0 Å². The average molecular weight is 379 g/mol. The predicted octanol–water partition coefficient (Wildman–Crippen LogP) is 4.18. The summed E-state index contributed by atoms with van der Waals surface area (Å²) in [5, 5.41) is 0. The molecule has 0 N–H and O–H groups in total. The third kappa shape index (κ3) is 15.0. The van der Waals surface area contributed by atoms with Crippen LogP contribution in [0.4, 0.5) is 0 Å². The van der Waals surface area contributed by atoms with Crippen molar-refractivity contribution in [2.45, 2.75) is 25.7 Å². The molecule has 0 unspecified atom stereocenters. The molecule has 9 heteroatoms. The van der Waals surface area contributed by atoms with E-state index in [2.05, 4.69) is 9.03 Å². The van der Waals surface area contributed by atoms with Gasteiger partial charge in [0.25, 0.3) is 0 Å². The number of halogens is 1. The molecule has 0 aromatic carbocycles. The van der Waals surface area contributed by atoms with Gasteiger partial charge < -0.3 is 9.03 Å². The molecule has 0 amide bonds. The van der Waals surface area contributed by atoms with Crippen LogP contribution in [0.2, 0.25) is 0 Å². The van der Waals surface area contributed by atoms with Crippen LogP contribution in [0.1, 0.15) is 25.7 Å². The summed E-state index contributed by atoms with van der Waals surface area (Å²) in [6.45, 7) is 0. The fraction of sp³-hybridized carbons (Fsp3) is 0.818. The van der Waals surface area contributed by atoms with Crippen molar-refractivity contribution in [3.05, 3.63) is 0 Å². The lowest BCUT2D eigenvalue weighted by atomic mass is 10.2. The maximum absolute atomic E-state index is 10.8. The molecule has 0 aliphatic carbocycles. The molecule has 0 fully saturated rings. The van der Waals surface area contributed by atoms with Crippen LogP contribution in [-0.2, 0) is 18.6 Å². The third-order valence-electron chi connectivity index (χ3n) is 2.04. The van der Waals surface area contributed by atoms with Gasteiger partial charge in [-0.1, -0.05) is 56.0 Å². The van der Waals surface area contributed by atoms with E-state index < -0.39 is 5.97 Å². The number of methoxy groups -OCH3 is 1. The molecule has 0 radical (unpaired) electrons. The molecule has 118 valence electrons. The summed E-state index contributed by atoms with van der Waals surface area (Å²) in [6.07, 6.45) is 4.69. The monoisotopic (exact) mass is 378 g/mol. The van der Waals surface area contributed by atoms with Gasteiger partial charge in [0.2, 0.25) is 0 Å². The van der Waals surface area contributed by atoms with Crippen molar-refractivity contribution in [1.82, 2.24) is 0 Å². The number of ether oxygens (including phenoxy) is 1. The van der Waals surface area contributed by atoms with Crippen LogP contribution in [0.15, 0.2) is 0 Å². The summed E-state index contributed by atoms with van der Waals surface area (Å²) in [4.78, 5) is 21.5. The minimum absolute atomic E-state index is 0.171. The zero-order valence-corrected chi connectivity index (χ0v) is 15.3. The first-order valence-corrected chi connectivity index (χ1v) is 11.4. The van der Waals surface area contributed by atoms with E-state index in [0.717, 1.165) is 24.3 Å². The highest BCUT2D eigenvalue weighted by atomic mass is 35.5. The van der Waals surface area contributed by atoms with Crippen LogP contribution in [0.25, 0.3) is 0 Å². The van der Waals surface area contributed by atoms with Crippen LogP contribution in [0.3, 0.4) is 0 Å². The molecule has 0 aromatic heterocycles. The van der Waals surface area contributed by atoms with Gasteiger partial charge in [0.15, 0.2) is 0 Å². The first-order chi connectivity index (χ1) is 9.70. The van der Waals surface area contributed by atoms with E-state index in [1.165, 1.54) is 30.7 Å². The van der Waals surface area contributed by atoms with Crippen molar-refractivity contribution < 1.29 is 18.6 Å². The van der Waals surface area contributed by atoms with Crippen molar-refractivity contribution in [1.29, 1.82) is 0 Å². The number of carbonyl (C=O) groups excluding carboxylic acids is 2. The van der Waals surface area contributed by atoms with Gasteiger partial charge >= 0.3 is 11.9 Å². The SMILES string of the molecule is COC(=O)CSSCCCCCCSSCC(=O)OCl. The highest BCUT2D eigenvalue weighted by Crippen LogP contribution is 2.25. The smallest absolute Gasteiger partial charge is 0.335 e. The van der Waals surface area contributed by atoms with Crippen LogP contribution in [-0.4, -0.2) is 42.1 Å². The van der Waals surface area contributed by atoms with Crippen molar-refractivity contribution in [2.75, 3.05) is 30.1 Å². The van der Waals surface area contributed by atoms with Gasteiger partial charge in [-0.3, -0.25) is 4.79 Å². The van der Waals surface area contributed by atoms with E-state index in [1.54, 1.807) is 32.4 Å². The molecule has 0 saturated heterocycles. The van der Waals surface area contributed by atoms with Gasteiger partial charge in [-0.15, -0.1) is 0 Å². The summed E-state index contributed by atoms with van der Waals surface area (Å²) in [6, 6.07) is 0. The number of hydrogen-bond acceptors (Lipinski definition) is 8. The standard InChI is InChI=1S/C11H19ClO4S4/c1-15-10(13)8-19-17-6-4-2-3-5-7-18-20-9-11(14)16-12/h2-9H2,1H3. The fourth-order valence-electron chi connectivity index (χ4n) is 1.05. The lowest BCUT2D eigenvalue weighted by Crippen LogP contribution is -2.01. The highest BCUT2D eigenvalue weighted by molar-refractivity contribution is 8.77. The number of unbranched alkanes of at least 4 members (excludes halogenated alkanes) is 3. The van der Waals surface area contributed by atoms with Crippen molar-refractivity contribution >= 4 is 67.0 Å². The molecule has 20 heavy (non-hydrogen) atoms. The van der Waals surface area contributed by atoms with Crippen LogP contribution in [0, 0.1) is 0 Å². The number of carbonyl (C=O) groups is 2. The number of esters is 1. The minimum Gasteiger partial charge on any atom is -0.468 e. The lowest BCUT2D eigenvalue weighted by Gasteiger charge is -2.02. The van der Waals surface area contributed by atoms with Gasteiger partial charge in [0.05, 0.1) is 7.11 Å². The van der Waals surface area contributed by atoms with Crippen molar-refractivity contribution in [3.8, 4) is 0 Å². The quantitative estimate of drug-likeness (QED) is 0.269. The Morgan fingerprint density at radius 3 is 1.80 bits per heavy atom. The second kappa shape index (κ2) is 16.0. The van der Waals surface area contributed by atoms with Gasteiger partial charge in [0, 0.05) is 11.5 Å². The first kappa shape index (κ1) is 20.6. The molecule has 4 nitrogen and oxygen atoms in total. The van der Waals surface area contributed by atoms with Gasteiger partial charge in [0.1, 0.15) is 23.4 Å². The van der Waals surface area contributed by atoms with Crippen LogP contribution >= 0.6 is 55.0 Å². The largest absolute Gasteiger partial charge is 0.468 e. The molecule has 0 atom stereocenters. The van der Waals surface area contributed by atoms with Crippen molar-refractivity contribution in [2.24, 2.45) is 0 Å².